The lowest BCUT2D eigenvalue weighted by molar-refractivity contribution is 0.0844. The fourth-order valence-electron chi connectivity index (χ4n) is 4.65. The third kappa shape index (κ3) is 4.45. The van der Waals surface area contributed by atoms with Gasteiger partial charge in [-0.15, -0.1) is 0 Å². The first-order valence-electron chi connectivity index (χ1n) is 12.0. The molecule has 0 unspecified atom stereocenters. The Bertz CT molecular complexity index is 1610. The number of ether oxygens (including phenoxy) is 1. The molecule has 2 aromatic carbocycles. The second kappa shape index (κ2) is 9.11. The van der Waals surface area contributed by atoms with E-state index in [-0.39, 0.29) is 23.0 Å². The second-order valence-corrected chi connectivity index (χ2v) is 11.7. The zero-order chi connectivity index (χ0) is 25.7. The van der Waals surface area contributed by atoms with Gasteiger partial charge >= 0.3 is 0 Å². The lowest BCUT2D eigenvalue weighted by Gasteiger charge is -2.23. The first-order valence-corrected chi connectivity index (χ1v) is 13.4. The molecule has 1 aliphatic rings. The summed E-state index contributed by atoms with van der Waals surface area (Å²) in [5.74, 6) is 0.282. The van der Waals surface area contributed by atoms with Crippen molar-refractivity contribution >= 4 is 26.6 Å². The minimum Gasteiger partial charge on any atom is -0.394 e. The molecule has 36 heavy (non-hydrogen) atoms. The topological polar surface area (TPSA) is 115 Å². The average Bonchev–Trinajstić information content (AvgIpc) is 3.33. The summed E-state index contributed by atoms with van der Waals surface area (Å²) in [5, 5.41) is 14.9. The summed E-state index contributed by atoms with van der Waals surface area (Å²) in [6.45, 7) is 4.30. The number of aliphatic hydroxyl groups is 1. The number of nitrogens with one attached hydrogen (secondary N) is 1. The van der Waals surface area contributed by atoms with Crippen molar-refractivity contribution in [2.75, 3.05) is 19.8 Å². The van der Waals surface area contributed by atoms with Gasteiger partial charge in [0.25, 0.3) is 5.56 Å². The Labute approximate surface area is 209 Å². The summed E-state index contributed by atoms with van der Waals surface area (Å²) in [6, 6.07) is 14.0. The van der Waals surface area contributed by atoms with E-state index in [2.05, 4.69) is 4.72 Å². The highest BCUT2D eigenvalue weighted by molar-refractivity contribution is 7.89. The van der Waals surface area contributed by atoms with Gasteiger partial charge in [0.1, 0.15) is 5.65 Å². The van der Waals surface area contributed by atoms with Gasteiger partial charge in [0, 0.05) is 32.2 Å². The van der Waals surface area contributed by atoms with Crippen LogP contribution >= 0.6 is 0 Å². The number of hydrogen-bond acceptors (Lipinski definition) is 6. The molecule has 1 saturated heterocycles. The van der Waals surface area contributed by atoms with E-state index in [9.17, 15) is 18.3 Å². The molecule has 0 aliphatic carbocycles. The zero-order valence-electron chi connectivity index (χ0n) is 20.6. The fraction of sp³-hybridized carbons (Fsp3) is 0.385. The molecule has 2 aromatic heterocycles. The first kappa shape index (κ1) is 24.6. The van der Waals surface area contributed by atoms with Gasteiger partial charge in [-0.3, -0.25) is 9.36 Å². The van der Waals surface area contributed by atoms with Crippen LogP contribution in [0.4, 0.5) is 0 Å². The van der Waals surface area contributed by atoms with E-state index in [0.717, 1.165) is 24.1 Å². The van der Waals surface area contributed by atoms with Gasteiger partial charge < -0.3 is 9.84 Å². The molecule has 0 saturated carbocycles. The molecular formula is C26H30N4O5S. The largest absolute Gasteiger partial charge is 0.394 e. The van der Waals surface area contributed by atoms with Crippen LogP contribution in [0, 0.1) is 0 Å². The molecule has 5 rings (SSSR count). The van der Waals surface area contributed by atoms with Crippen LogP contribution in [0.15, 0.2) is 58.2 Å². The van der Waals surface area contributed by atoms with Gasteiger partial charge in [0.15, 0.2) is 0 Å². The van der Waals surface area contributed by atoms with Crippen LogP contribution in [-0.2, 0) is 21.8 Å². The molecule has 0 radical (unpaired) electrons. The third-order valence-corrected chi connectivity index (χ3v) is 8.43. The highest BCUT2D eigenvalue weighted by Crippen LogP contribution is 2.29. The van der Waals surface area contributed by atoms with E-state index in [1.807, 2.05) is 24.3 Å². The summed E-state index contributed by atoms with van der Waals surface area (Å²) in [6.07, 6.45) is 1.78. The number of aliphatic hydroxyl groups excluding tert-OH is 1. The highest BCUT2D eigenvalue weighted by atomic mass is 32.2. The SMILES string of the molecule is Cn1c(=O)c2ccc(-c3cccc(S(=O)(=O)NC(C)(C)CO)c3)cc2n2nc(C3CCOCC3)cc12. The molecule has 3 heterocycles. The normalized spacial score (nSPS) is 15.7. The van der Waals surface area contributed by atoms with Crippen LogP contribution in [-0.4, -0.2) is 53.1 Å². The maximum Gasteiger partial charge on any atom is 0.261 e. The number of fused-ring (bicyclic) bond motifs is 3. The Kier molecular flexibility index (Phi) is 6.24. The predicted molar refractivity (Wildman–Crippen MR) is 138 cm³/mol. The summed E-state index contributed by atoms with van der Waals surface area (Å²) >= 11 is 0. The molecule has 10 heteroatoms. The zero-order valence-corrected chi connectivity index (χ0v) is 21.4. The molecule has 0 bridgehead atoms. The molecule has 190 valence electrons. The molecule has 0 amide bonds. The lowest BCUT2D eigenvalue weighted by Crippen LogP contribution is -2.46. The van der Waals surface area contributed by atoms with E-state index in [4.69, 9.17) is 9.84 Å². The first-order chi connectivity index (χ1) is 17.1. The van der Waals surface area contributed by atoms with Crippen molar-refractivity contribution in [1.29, 1.82) is 0 Å². The maximum atomic E-state index is 13.1. The summed E-state index contributed by atoms with van der Waals surface area (Å²) in [7, 11) is -2.10. The van der Waals surface area contributed by atoms with Crippen molar-refractivity contribution in [2.24, 2.45) is 7.05 Å². The van der Waals surface area contributed by atoms with Crippen molar-refractivity contribution in [3.05, 3.63) is 64.6 Å². The maximum absolute atomic E-state index is 13.1. The number of benzene rings is 2. The third-order valence-electron chi connectivity index (χ3n) is 6.74. The quantitative estimate of drug-likeness (QED) is 0.412. The minimum atomic E-state index is -3.85. The Hall–Kier alpha value is -3.05. The summed E-state index contributed by atoms with van der Waals surface area (Å²) in [5.41, 5.74) is 2.65. The number of rotatable bonds is 6. The molecule has 4 aromatic rings. The van der Waals surface area contributed by atoms with E-state index in [1.165, 1.54) is 6.07 Å². The van der Waals surface area contributed by atoms with E-state index >= 15 is 0 Å². The van der Waals surface area contributed by atoms with E-state index in [0.29, 0.717) is 35.3 Å². The molecule has 2 N–H and O–H groups in total. The Balaban J connectivity index is 1.62. The number of sulfonamides is 1. The number of aromatic nitrogens is 3. The van der Waals surface area contributed by atoms with E-state index < -0.39 is 15.6 Å². The van der Waals surface area contributed by atoms with Crippen LogP contribution in [0.3, 0.4) is 0 Å². The highest BCUT2D eigenvalue weighted by Gasteiger charge is 2.26. The predicted octanol–water partition coefficient (Wildman–Crippen LogP) is 2.80. The van der Waals surface area contributed by atoms with Gasteiger partial charge in [-0.05, 0) is 62.1 Å². The average molecular weight is 511 g/mol. The van der Waals surface area contributed by atoms with Crippen molar-refractivity contribution in [3.63, 3.8) is 0 Å². The van der Waals surface area contributed by atoms with E-state index in [1.54, 1.807) is 48.2 Å². The summed E-state index contributed by atoms with van der Waals surface area (Å²) < 4.78 is 37.3. The smallest absolute Gasteiger partial charge is 0.261 e. The number of hydrogen-bond donors (Lipinski definition) is 2. The Morgan fingerprint density at radius 2 is 1.83 bits per heavy atom. The Morgan fingerprint density at radius 3 is 2.56 bits per heavy atom. The van der Waals surface area contributed by atoms with Crippen LogP contribution in [0.1, 0.15) is 38.3 Å². The van der Waals surface area contributed by atoms with Crippen LogP contribution in [0.25, 0.3) is 27.7 Å². The fourth-order valence-corrected chi connectivity index (χ4v) is 6.10. The van der Waals surface area contributed by atoms with Gasteiger partial charge in [-0.25, -0.2) is 17.7 Å². The summed E-state index contributed by atoms with van der Waals surface area (Å²) in [4.78, 5) is 13.2. The van der Waals surface area contributed by atoms with Gasteiger partial charge in [0.2, 0.25) is 10.0 Å². The Morgan fingerprint density at radius 1 is 1.11 bits per heavy atom. The lowest BCUT2D eigenvalue weighted by atomic mass is 9.97. The monoisotopic (exact) mass is 510 g/mol. The van der Waals surface area contributed by atoms with Crippen molar-refractivity contribution < 1.29 is 18.3 Å². The molecular weight excluding hydrogens is 480 g/mol. The van der Waals surface area contributed by atoms with Crippen LogP contribution in [0.5, 0.6) is 0 Å². The molecule has 0 spiro atoms. The number of nitrogens with zero attached hydrogens (tertiary/aromatic N) is 3. The van der Waals surface area contributed by atoms with Crippen LogP contribution in [0.2, 0.25) is 0 Å². The van der Waals surface area contributed by atoms with Gasteiger partial charge in [0.05, 0.1) is 33.6 Å². The van der Waals surface area contributed by atoms with Crippen LogP contribution < -0.4 is 10.3 Å². The number of aryl methyl sites for hydroxylation is 1. The standard InChI is InChI=1S/C26H30N4O5S/c1-26(2,16-31)28-36(33,34)20-6-4-5-18(13-20)19-7-8-21-23(14-19)30-24(29(3)25(21)32)15-22(27-30)17-9-11-35-12-10-17/h4-8,13-15,17,28,31H,9-12,16H2,1-3H3. The van der Waals surface area contributed by atoms with Gasteiger partial charge in [-0.2, -0.15) is 5.10 Å². The molecule has 1 fully saturated rings. The van der Waals surface area contributed by atoms with Gasteiger partial charge in [-0.1, -0.05) is 18.2 Å². The van der Waals surface area contributed by atoms with Crippen molar-refractivity contribution in [2.45, 2.75) is 43.0 Å². The van der Waals surface area contributed by atoms with Crippen molar-refractivity contribution in [3.8, 4) is 11.1 Å². The molecule has 0 atom stereocenters. The van der Waals surface area contributed by atoms with Crippen molar-refractivity contribution in [1.82, 2.24) is 18.9 Å². The molecule has 9 nitrogen and oxygen atoms in total. The second-order valence-electron chi connectivity index (χ2n) is 10.00. The molecule has 1 aliphatic heterocycles. The minimum absolute atomic E-state index is 0.0941.